The molecule has 0 aliphatic rings. The predicted molar refractivity (Wildman–Crippen MR) is 82.1 cm³/mol. The lowest BCUT2D eigenvalue weighted by Crippen LogP contribution is -2.13. The second-order valence-electron chi connectivity index (χ2n) is 4.35. The first-order valence-electron chi connectivity index (χ1n) is 7.30. The summed E-state index contributed by atoms with van der Waals surface area (Å²) in [4.78, 5) is 3.88. The summed E-state index contributed by atoms with van der Waals surface area (Å²) in [6.45, 7) is 6.31. The predicted octanol–water partition coefficient (Wildman–Crippen LogP) is 2.96. The summed E-state index contributed by atoms with van der Waals surface area (Å²) in [6, 6.07) is 3.43. The van der Waals surface area contributed by atoms with Gasteiger partial charge in [0.2, 0.25) is 0 Å². The van der Waals surface area contributed by atoms with Gasteiger partial charge in [0, 0.05) is 18.9 Å². The van der Waals surface area contributed by atoms with Crippen LogP contribution in [0.1, 0.15) is 19.8 Å². The molecule has 1 aromatic rings. The zero-order valence-corrected chi connectivity index (χ0v) is 13.3. The monoisotopic (exact) mass is 317 g/mol. The van der Waals surface area contributed by atoms with Crippen LogP contribution in [0.5, 0.6) is 5.75 Å². The van der Waals surface area contributed by atoms with E-state index in [4.69, 9.17) is 30.5 Å². The van der Waals surface area contributed by atoms with Crippen LogP contribution in [0, 0.1) is 0 Å². The Hall–Kier alpha value is -0.880. The Kier molecular flexibility index (Phi) is 11.1. The molecule has 0 N–H and O–H groups in total. The van der Waals surface area contributed by atoms with Crippen molar-refractivity contribution < 1.29 is 18.9 Å². The summed E-state index contributed by atoms with van der Waals surface area (Å²) >= 11 is 5.75. The number of pyridine rings is 1. The first-order chi connectivity index (χ1) is 10.3. The Labute approximate surface area is 131 Å². The third kappa shape index (κ3) is 10.5. The van der Waals surface area contributed by atoms with Gasteiger partial charge >= 0.3 is 0 Å². The topological polar surface area (TPSA) is 49.8 Å². The van der Waals surface area contributed by atoms with Crippen LogP contribution in [-0.2, 0) is 14.2 Å². The molecule has 0 aliphatic heterocycles. The average molecular weight is 318 g/mol. The van der Waals surface area contributed by atoms with E-state index in [1.54, 1.807) is 18.3 Å². The van der Waals surface area contributed by atoms with Crippen molar-refractivity contribution in [2.75, 3.05) is 46.2 Å². The lowest BCUT2D eigenvalue weighted by atomic mass is 10.4. The maximum Gasteiger partial charge on any atom is 0.132 e. The van der Waals surface area contributed by atoms with Gasteiger partial charge in [0.15, 0.2) is 0 Å². The van der Waals surface area contributed by atoms with Crippen LogP contribution < -0.4 is 4.74 Å². The van der Waals surface area contributed by atoms with Gasteiger partial charge in [0.1, 0.15) is 17.5 Å². The van der Waals surface area contributed by atoms with Crippen LogP contribution in [0.2, 0.25) is 5.15 Å². The van der Waals surface area contributed by atoms with Gasteiger partial charge < -0.3 is 18.9 Å². The number of ether oxygens (including phenoxy) is 4. The molecule has 1 heterocycles. The number of hydrogen-bond acceptors (Lipinski definition) is 5. The summed E-state index contributed by atoms with van der Waals surface area (Å²) in [5, 5.41) is 0.419. The van der Waals surface area contributed by atoms with Crippen LogP contribution in [0.15, 0.2) is 18.3 Å². The van der Waals surface area contributed by atoms with Crippen molar-refractivity contribution in [1.82, 2.24) is 4.98 Å². The van der Waals surface area contributed by atoms with Crippen molar-refractivity contribution in [2.24, 2.45) is 0 Å². The first kappa shape index (κ1) is 18.2. The van der Waals surface area contributed by atoms with E-state index >= 15 is 0 Å². The van der Waals surface area contributed by atoms with E-state index in [1.807, 2.05) is 0 Å². The van der Waals surface area contributed by atoms with Gasteiger partial charge in [0.25, 0.3) is 0 Å². The Morgan fingerprint density at radius 1 is 0.952 bits per heavy atom. The number of nitrogens with zero attached hydrogens (tertiary/aromatic N) is 1. The quantitative estimate of drug-likeness (QED) is 0.413. The average Bonchev–Trinajstić information content (AvgIpc) is 2.48. The second kappa shape index (κ2) is 12.8. The summed E-state index contributed by atoms with van der Waals surface area (Å²) in [5.41, 5.74) is 0. The number of halogens is 1. The van der Waals surface area contributed by atoms with Crippen molar-refractivity contribution >= 4 is 11.6 Å². The van der Waals surface area contributed by atoms with Gasteiger partial charge in [-0.2, -0.15) is 0 Å². The molecule has 21 heavy (non-hydrogen) atoms. The second-order valence-corrected chi connectivity index (χ2v) is 4.74. The van der Waals surface area contributed by atoms with E-state index < -0.39 is 0 Å². The van der Waals surface area contributed by atoms with E-state index in [0.717, 1.165) is 19.4 Å². The van der Waals surface area contributed by atoms with Crippen LogP contribution in [-0.4, -0.2) is 51.2 Å². The van der Waals surface area contributed by atoms with Gasteiger partial charge in [-0.05, 0) is 12.5 Å². The molecule has 0 saturated heterocycles. The standard InChI is InChI=1S/C15H24ClNO4/c1-2-3-6-18-7-8-19-9-10-20-11-12-21-14-4-5-17-15(16)13-14/h4-5,13H,2-3,6-12H2,1H3. The van der Waals surface area contributed by atoms with Crippen molar-refractivity contribution in [3.8, 4) is 5.75 Å². The molecule has 0 aromatic carbocycles. The lowest BCUT2D eigenvalue weighted by molar-refractivity contribution is 0.00895. The summed E-state index contributed by atoms with van der Waals surface area (Å²) in [6.07, 6.45) is 3.86. The minimum Gasteiger partial charge on any atom is -0.491 e. The lowest BCUT2D eigenvalue weighted by Gasteiger charge is -2.08. The SMILES string of the molecule is CCCCOCCOCCOCCOc1ccnc(Cl)c1. The van der Waals surface area contributed by atoms with Crippen LogP contribution in [0.25, 0.3) is 0 Å². The fourth-order valence-corrected chi connectivity index (χ4v) is 1.65. The van der Waals surface area contributed by atoms with Gasteiger partial charge in [-0.25, -0.2) is 4.98 Å². The molecule has 0 aliphatic carbocycles. The molecule has 1 rings (SSSR count). The Morgan fingerprint density at radius 3 is 2.19 bits per heavy atom. The van der Waals surface area contributed by atoms with E-state index in [-0.39, 0.29) is 0 Å². The zero-order chi connectivity index (χ0) is 15.2. The Balaban J connectivity index is 1.82. The van der Waals surface area contributed by atoms with E-state index in [9.17, 15) is 0 Å². The molecule has 0 saturated carbocycles. The highest BCUT2D eigenvalue weighted by Crippen LogP contribution is 2.13. The highest BCUT2D eigenvalue weighted by molar-refractivity contribution is 6.29. The molecule has 5 nitrogen and oxygen atoms in total. The van der Waals surface area contributed by atoms with Crippen LogP contribution in [0.3, 0.4) is 0 Å². The third-order valence-corrected chi connectivity index (χ3v) is 2.79. The molecule has 0 bridgehead atoms. The highest BCUT2D eigenvalue weighted by Gasteiger charge is 1.96. The fourth-order valence-electron chi connectivity index (χ4n) is 1.48. The minimum absolute atomic E-state index is 0.419. The highest BCUT2D eigenvalue weighted by atomic mass is 35.5. The third-order valence-electron chi connectivity index (χ3n) is 2.58. The van der Waals surface area contributed by atoms with Gasteiger partial charge in [-0.3, -0.25) is 0 Å². The van der Waals surface area contributed by atoms with Crippen molar-refractivity contribution in [3.05, 3.63) is 23.5 Å². The Morgan fingerprint density at radius 2 is 1.57 bits per heavy atom. The van der Waals surface area contributed by atoms with Crippen molar-refractivity contribution in [1.29, 1.82) is 0 Å². The zero-order valence-electron chi connectivity index (χ0n) is 12.6. The molecule has 0 atom stereocenters. The molecule has 1 aromatic heterocycles. The summed E-state index contributed by atoms with van der Waals surface area (Å²) in [5.74, 6) is 0.694. The van der Waals surface area contributed by atoms with Gasteiger partial charge in [0.05, 0.1) is 33.0 Å². The van der Waals surface area contributed by atoms with Crippen LogP contribution >= 0.6 is 11.6 Å². The maximum atomic E-state index is 5.75. The van der Waals surface area contributed by atoms with Gasteiger partial charge in [-0.15, -0.1) is 0 Å². The summed E-state index contributed by atoms with van der Waals surface area (Å²) < 4.78 is 21.6. The van der Waals surface area contributed by atoms with E-state index in [1.165, 1.54) is 0 Å². The molecule has 0 spiro atoms. The number of rotatable bonds is 13. The largest absolute Gasteiger partial charge is 0.491 e. The van der Waals surface area contributed by atoms with Crippen LogP contribution in [0.4, 0.5) is 0 Å². The minimum atomic E-state index is 0.419. The molecule has 120 valence electrons. The molecular formula is C15H24ClNO4. The van der Waals surface area contributed by atoms with Crippen molar-refractivity contribution in [2.45, 2.75) is 19.8 Å². The van der Waals surface area contributed by atoms with E-state index in [0.29, 0.717) is 50.5 Å². The number of unbranched alkanes of at least 4 members (excludes halogenated alkanes) is 1. The normalized spacial score (nSPS) is 10.8. The molecular weight excluding hydrogens is 294 g/mol. The fraction of sp³-hybridized carbons (Fsp3) is 0.667. The molecule has 0 amide bonds. The molecule has 0 unspecified atom stereocenters. The molecule has 0 fully saturated rings. The molecule has 0 radical (unpaired) electrons. The number of hydrogen-bond donors (Lipinski definition) is 0. The smallest absolute Gasteiger partial charge is 0.132 e. The Bertz CT molecular complexity index is 365. The summed E-state index contributed by atoms with van der Waals surface area (Å²) in [7, 11) is 0. The maximum absolute atomic E-state index is 5.75. The first-order valence-corrected chi connectivity index (χ1v) is 7.68. The van der Waals surface area contributed by atoms with Gasteiger partial charge in [-0.1, -0.05) is 24.9 Å². The van der Waals surface area contributed by atoms with E-state index in [2.05, 4.69) is 11.9 Å². The molecule has 6 heteroatoms. The number of aromatic nitrogens is 1. The van der Waals surface area contributed by atoms with Crippen molar-refractivity contribution in [3.63, 3.8) is 0 Å².